The Labute approximate surface area is 301 Å². The molecule has 0 saturated carbocycles. The molecule has 37 heavy (non-hydrogen) atoms. The smallest absolute Gasteiger partial charge is 0.790 e. The van der Waals surface area contributed by atoms with Gasteiger partial charge < -0.3 is 49.3 Å². The molecule has 6 atom stereocenters. The van der Waals surface area contributed by atoms with Crippen molar-refractivity contribution < 1.29 is 180 Å². The zero-order chi connectivity index (χ0) is 24.8. The number of hydrogen-bond acceptors (Lipinski definition) is 18. The van der Waals surface area contributed by atoms with Crippen LogP contribution in [-0.4, -0.2) is 60.9 Å². The van der Waals surface area contributed by atoms with Crippen LogP contribution in [0.15, 0.2) is 11.5 Å². The van der Waals surface area contributed by atoms with Gasteiger partial charge in [-0.25, -0.2) is 19.3 Å². The van der Waals surface area contributed by atoms with Gasteiger partial charge in [-0.2, -0.15) is 0 Å². The molecule has 2 aromatic rings. The number of thioether (sulfide) groups is 1. The number of imidazole rings is 1. The van der Waals surface area contributed by atoms with Gasteiger partial charge in [0.25, 0.3) is 15.6 Å². The minimum Gasteiger partial charge on any atom is -0.790 e. The fourth-order valence-corrected chi connectivity index (χ4v) is 5.97. The number of phosphoric ester groups is 1. The molecule has 0 radical (unpaired) electrons. The minimum atomic E-state index is -6.15. The maximum absolute atomic E-state index is 11.7. The van der Waals surface area contributed by atoms with Crippen LogP contribution in [0.3, 0.4) is 0 Å². The number of phosphoric acid groups is 3. The molecule has 1 aliphatic heterocycles. The Kier molecular flexibility index (Phi) is 19.1. The van der Waals surface area contributed by atoms with Gasteiger partial charge >= 0.3 is 118 Å². The van der Waals surface area contributed by atoms with E-state index in [4.69, 9.17) is 10.5 Å². The van der Waals surface area contributed by atoms with Gasteiger partial charge in [0.1, 0.15) is 23.8 Å². The minimum absolute atomic E-state index is 0. The molecule has 1 aliphatic rings. The second kappa shape index (κ2) is 16.7. The predicted octanol–water partition coefficient (Wildman–Crippen LogP) is -15.4. The van der Waals surface area contributed by atoms with E-state index in [-0.39, 0.29) is 140 Å². The first-order valence-electron chi connectivity index (χ1n) is 8.39. The number of aliphatic hydroxyl groups is 2. The molecule has 2 aromatic heterocycles. The summed E-state index contributed by atoms with van der Waals surface area (Å²) in [7, 11) is -18.1. The molecule has 0 aromatic carbocycles. The third-order valence-corrected chi connectivity index (χ3v) is 8.23. The molecule has 0 amide bonds. The van der Waals surface area contributed by atoms with Crippen LogP contribution in [0, 0.1) is 0 Å². The van der Waals surface area contributed by atoms with Crippen LogP contribution in [0.5, 0.6) is 0 Å². The first-order valence-corrected chi connectivity index (χ1v) is 14.0. The number of ether oxygens (including phenoxy) is 1. The summed E-state index contributed by atoms with van der Waals surface area (Å²) in [5.74, 6) is 0.0328. The standard InChI is InChI=1S/C11H18N5O13P3S.4Na/c1-33-11-14-8(12)5-9(15-11)16(3-13-5)10-7(18)6(17)4(27-10)2-26-31(22,23)29-32(24,25)28-30(19,20)21;;;;/h3-4,6-7,10,17-18H,2H2,1H3,(H,22,23)(H,24,25)(H2,12,14,15)(H2,19,20,21);;;;/q;4*+1/p-4/t4-,6?,7-,10-;;;;/m1..../s1. The predicted molar refractivity (Wildman–Crippen MR) is 98.4 cm³/mol. The average Bonchev–Trinajstić information content (AvgIpc) is 3.19. The molecular formula is C11H14N5Na4O13P3S. The molecule has 0 aliphatic carbocycles. The second-order valence-corrected chi connectivity index (χ2v) is 11.3. The van der Waals surface area contributed by atoms with E-state index < -0.39 is 54.6 Å². The summed E-state index contributed by atoms with van der Waals surface area (Å²) in [5, 5.41) is 20.8. The quantitative estimate of drug-likeness (QED) is 0.0991. The zero-order valence-electron chi connectivity index (χ0n) is 20.1. The van der Waals surface area contributed by atoms with E-state index >= 15 is 0 Å². The van der Waals surface area contributed by atoms with Crippen molar-refractivity contribution in [3.05, 3.63) is 6.33 Å². The molecule has 26 heteroatoms. The number of fused-ring (bicyclic) bond motifs is 1. The van der Waals surface area contributed by atoms with Gasteiger partial charge in [0.2, 0.25) is 0 Å². The second-order valence-electron chi connectivity index (χ2n) is 6.27. The zero-order valence-corrected chi connectivity index (χ0v) is 31.6. The van der Waals surface area contributed by atoms with E-state index in [2.05, 4.69) is 28.1 Å². The van der Waals surface area contributed by atoms with E-state index in [1.807, 2.05) is 0 Å². The number of aliphatic hydroxyl groups excluding tert-OH is 2. The van der Waals surface area contributed by atoms with Crippen LogP contribution in [0.25, 0.3) is 11.2 Å². The number of nitrogen functional groups attached to an aromatic ring is 1. The first-order chi connectivity index (χ1) is 15.1. The SMILES string of the molecule is CSc1nc(N)c2ncn([C@@H]3O[C@H](COP(=O)([O-])OP(=O)([O-])OP(=O)([O-])[O-])C(O)[C@H]3O)c2n1.[Na+].[Na+].[Na+].[Na+]. The van der Waals surface area contributed by atoms with Gasteiger partial charge in [-0.15, -0.1) is 0 Å². The number of nitrogens with zero attached hydrogens (tertiary/aromatic N) is 4. The molecule has 186 valence electrons. The normalized spacial score (nSPS) is 24.5. The third-order valence-electron chi connectivity index (χ3n) is 4.02. The Morgan fingerprint density at radius 1 is 1.05 bits per heavy atom. The molecule has 0 bridgehead atoms. The van der Waals surface area contributed by atoms with E-state index in [0.29, 0.717) is 0 Å². The fourth-order valence-electron chi connectivity index (χ4n) is 2.74. The van der Waals surface area contributed by atoms with Crippen LogP contribution < -0.4 is 144 Å². The van der Waals surface area contributed by atoms with Crippen molar-refractivity contribution in [3.63, 3.8) is 0 Å². The number of nitrogens with two attached hydrogens (primary N) is 1. The molecule has 3 heterocycles. The summed E-state index contributed by atoms with van der Waals surface area (Å²) in [6.45, 7) is -1.08. The van der Waals surface area contributed by atoms with Crippen molar-refractivity contribution in [1.82, 2.24) is 19.5 Å². The van der Waals surface area contributed by atoms with Crippen LogP contribution in [0.2, 0.25) is 0 Å². The third kappa shape index (κ3) is 11.5. The summed E-state index contributed by atoms with van der Waals surface area (Å²) < 4.78 is 50.5. The monoisotopic (exact) mass is 641 g/mol. The fraction of sp³-hybridized carbons (Fsp3) is 0.545. The molecular weight excluding hydrogens is 627 g/mol. The van der Waals surface area contributed by atoms with Gasteiger partial charge in [0.15, 0.2) is 22.8 Å². The summed E-state index contributed by atoms with van der Waals surface area (Å²) >= 11 is 1.16. The number of aromatic nitrogens is 4. The first kappa shape index (κ1) is 42.1. The molecule has 1 saturated heterocycles. The maximum Gasteiger partial charge on any atom is 1.00 e. The van der Waals surface area contributed by atoms with Gasteiger partial charge in [-0.05, 0) is 6.26 Å². The van der Waals surface area contributed by atoms with Crippen molar-refractivity contribution in [2.75, 3.05) is 18.6 Å². The molecule has 3 unspecified atom stereocenters. The van der Waals surface area contributed by atoms with Crippen LogP contribution >= 0.6 is 35.2 Å². The Morgan fingerprint density at radius 2 is 1.65 bits per heavy atom. The van der Waals surface area contributed by atoms with Crippen LogP contribution in [-0.2, 0) is 31.6 Å². The Bertz CT molecular complexity index is 1190. The van der Waals surface area contributed by atoms with Crippen LogP contribution in [0.4, 0.5) is 5.82 Å². The van der Waals surface area contributed by atoms with Crippen molar-refractivity contribution >= 4 is 52.2 Å². The number of anilines is 1. The van der Waals surface area contributed by atoms with Crippen LogP contribution in [0.1, 0.15) is 6.23 Å². The summed E-state index contributed by atoms with van der Waals surface area (Å²) in [6, 6.07) is 0. The molecule has 0 spiro atoms. The maximum atomic E-state index is 11.7. The van der Waals surface area contributed by atoms with Crippen molar-refractivity contribution in [2.24, 2.45) is 0 Å². The van der Waals surface area contributed by atoms with E-state index in [0.717, 1.165) is 11.8 Å². The van der Waals surface area contributed by atoms with Gasteiger partial charge in [-0.3, -0.25) is 18.0 Å². The number of rotatable bonds is 9. The van der Waals surface area contributed by atoms with Crippen molar-refractivity contribution in [3.8, 4) is 0 Å². The van der Waals surface area contributed by atoms with Crippen molar-refractivity contribution in [2.45, 2.75) is 29.7 Å². The number of hydrogen-bond donors (Lipinski definition) is 3. The van der Waals surface area contributed by atoms with E-state index in [1.165, 1.54) is 10.9 Å². The van der Waals surface area contributed by atoms with Gasteiger partial charge in [0, 0.05) is 0 Å². The summed E-state index contributed by atoms with van der Waals surface area (Å²) in [6.07, 6.45) is -3.44. The summed E-state index contributed by atoms with van der Waals surface area (Å²) in [4.78, 5) is 55.7. The molecule has 4 N–H and O–H groups in total. The van der Waals surface area contributed by atoms with E-state index in [1.54, 1.807) is 6.26 Å². The molecule has 3 rings (SSSR count). The largest absolute Gasteiger partial charge is 1.00 e. The molecule has 1 fully saturated rings. The van der Waals surface area contributed by atoms with E-state index in [9.17, 15) is 43.5 Å². The van der Waals surface area contributed by atoms with Gasteiger partial charge in [0.05, 0.1) is 20.8 Å². The summed E-state index contributed by atoms with van der Waals surface area (Å²) in [5.41, 5.74) is 6.10. The Balaban J connectivity index is 0. The topological polar surface area (TPSA) is 290 Å². The Hall–Kier alpha value is 2.99. The van der Waals surface area contributed by atoms with Gasteiger partial charge in [-0.1, -0.05) is 11.8 Å². The Morgan fingerprint density at radius 3 is 2.19 bits per heavy atom. The average molecular weight is 641 g/mol. The van der Waals surface area contributed by atoms with Crippen molar-refractivity contribution in [1.29, 1.82) is 0 Å². The molecule has 18 nitrogen and oxygen atoms in total.